The number of halogens is 4. The maximum Gasteiger partial charge on any atom is 0.418 e. The van der Waals surface area contributed by atoms with Crippen LogP contribution < -0.4 is 11.1 Å². The highest BCUT2D eigenvalue weighted by molar-refractivity contribution is 6.33. The van der Waals surface area contributed by atoms with Crippen molar-refractivity contribution in [1.82, 2.24) is 24.5 Å². The number of nitrogens with one attached hydrogen (secondary N) is 1. The van der Waals surface area contributed by atoms with Gasteiger partial charge in [-0.2, -0.15) is 13.2 Å². The first kappa shape index (κ1) is 42.8. The van der Waals surface area contributed by atoms with Gasteiger partial charge in [0.15, 0.2) is 6.10 Å². The molecule has 0 saturated carbocycles. The topological polar surface area (TPSA) is 150 Å². The molecule has 2 aromatic rings. The summed E-state index contributed by atoms with van der Waals surface area (Å²) in [5.41, 5.74) is 5.79. The molecule has 0 spiro atoms. The van der Waals surface area contributed by atoms with Gasteiger partial charge in [-0.25, -0.2) is 9.59 Å². The van der Waals surface area contributed by atoms with Gasteiger partial charge in [0.25, 0.3) is 5.91 Å². The molecule has 5 heterocycles. The first-order valence-corrected chi connectivity index (χ1v) is 21.0. The van der Waals surface area contributed by atoms with Crippen LogP contribution in [0.1, 0.15) is 55.2 Å². The summed E-state index contributed by atoms with van der Waals surface area (Å²) in [7, 11) is 0. The lowest BCUT2D eigenvalue weighted by Gasteiger charge is -2.40. The van der Waals surface area contributed by atoms with Crippen LogP contribution in [0.3, 0.4) is 0 Å². The van der Waals surface area contributed by atoms with E-state index in [4.69, 9.17) is 31.5 Å². The maximum absolute atomic E-state index is 14.2. The van der Waals surface area contributed by atoms with Crippen molar-refractivity contribution in [2.75, 3.05) is 89.8 Å². The number of hydrogen-bond donors (Lipinski definition) is 2. The molecule has 5 aliphatic rings. The Morgan fingerprint density at radius 3 is 2.34 bits per heavy atom. The molecule has 2 atom stereocenters. The highest BCUT2D eigenvalue weighted by Crippen LogP contribution is 2.38. The second-order valence-electron chi connectivity index (χ2n) is 15.9. The molecule has 0 bridgehead atoms. The Morgan fingerprint density at radius 1 is 0.915 bits per heavy atom. The number of benzene rings is 2. The second-order valence-corrected chi connectivity index (χ2v) is 16.3. The van der Waals surface area contributed by atoms with Crippen LogP contribution in [-0.4, -0.2) is 151 Å². The average Bonchev–Trinajstić information content (AvgIpc) is 3.66. The Hall–Kier alpha value is -4.32. The van der Waals surface area contributed by atoms with Crippen LogP contribution in [0, 0.1) is 0 Å². The number of nitrogen functional groups attached to an aromatic ring is 1. The van der Waals surface area contributed by atoms with E-state index >= 15 is 0 Å². The molecule has 0 aliphatic carbocycles. The smallest absolute Gasteiger partial charge is 0.418 e. The van der Waals surface area contributed by atoms with Crippen molar-refractivity contribution >= 4 is 47.0 Å². The zero-order valence-corrected chi connectivity index (χ0v) is 33.9. The van der Waals surface area contributed by atoms with Crippen LogP contribution in [0.5, 0.6) is 0 Å². The van der Waals surface area contributed by atoms with Crippen molar-refractivity contribution in [2.24, 2.45) is 0 Å². The molecule has 2 aromatic carbocycles. The summed E-state index contributed by atoms with van der Waals surface area (Å²) in [4.78, 5) is 63.5. The van der Waals surface area contributed by atoms with Crippen molar-refractivity contribution in [3.05, 3.63) is 58.1 Å². The van der Waals surface area contributed by atoms with Crippen LogP contribution in [0.15, 0.2) is 36.4 Å². The minimum Gasteiger partial charge on any atom is -0.463 e. The Bertz CT molecular complexity index is 1830. The number of hydrogen-bond acceptors (Lipinski definition) is 10. The molecule has 18 heteroatoms. The minimum absolute atomic E-state index is 0.0198. The molecule has 7 rings (SSSR count). The fourth-order valence-corrected chi connectivity index (χ4v) is 9.25. The van der Waals surface area contributed by atoms with Crippen LogP contribution >= 0.6 is 11.6 Å². The molecular weight excluding hydrogens is 795 g/mol. The van der Waals surface area contributed by atoms with E-state index in [9.17, 15) is 32.3 Å². The number of carbonyl (C=O) groups excluding carboxylic acids is 4. The predicted molar refractivity (Wildman–Crippen MR) is 213 cm³/mol. The number of piperidine rings is 2. The van der Waals surface area contributed by atoms with E-state index in [2.05, 4.69) is 15.1 Å². The molecule has 4 amide bonds. The lowest BCUT2D eigenvalue weighted by atomic mass is 9.99. The number of esters is 1. The Balaban J connectivity index is 0.979. The number of urea groups is 1. The Morgan fingerprint density at radius 2 is 1.61 bits per heavy atom. The van der Waals surface area contributed by atoms with Gasteiger partial charge < -0.3 is 40.0 Å². The highest BCUT2D eigenvalue weighted by Gasteiger charge is 2.41. The molecular formula is C41H53ClF3N7O7. The minimum atomic E-state index is -4.80. The number of anilines is 2. The third-order valence-corrected chi connectivity index (χ3v) is 12.6. The van der Waals surface area contributed by atoms with Crippen molar-refractivity contribution in [3.8, 4) is 0 Å². The van der Waals surface area contributed by atoms with Gasteiger partial charge in [-0.1, -0.05) is 29.8 Å². The van der Waals surface area contributed by atoms with Gasteiger partial charge in [0.2, 0.25) is 0 Å². The number of carbonyl (C=O) groups is 4. The summed E-state index contributed by atoms with van der Waals surface area (Å²) in [5.74, 6) is -0.777. The maximum atomic E-state index is 14.2. The fourth-order valence-electron chi connectivity index (χ4n) is 9.01. The number of alkyl halides is 3. The molecule has 0 unspecified atom stereocenters. The van der Waals surface area contributed by atoms with E-state index in [0.29, 0.717) is 84.5 Å². The van der Waals surface area contributed by atoms with Gasteiger partial charge in [0, 0.05) is 76.5 Å². The lowest BCUT2D eigenvalue weighted by Crippen LogP contribution is -2.53. The molecule has 4 saturated heterocycles. The number of nitrogens with zero attached hydrogens (tertiary/aromatic N) is 5. The zero-order valence-electron chi connectivity index (χ0n) is 33.1. The summed E-state index contributed by atoms with van der Waals surface area (Å²) in [5, 5.41) is 2.66. The number of ether oxygens (including phenoxy) is 3. The Labute approximate surface area is 347 Å². The van der Waals surface area contributed by atoms with Crippen molar-refractivity contribution in [2.45, 2.75) is 81.8 Å². The van der Waals surface area contributed by atoms with E-state index in [1.54, 1.807) is 9.80 Å². The van der Waals surface area contributed by atoms with Gasteiger partial charge >= 0.3 is 24.3 Å². The largest absolute Gasteiger partial charge is 0.463 e. The van der Waals surface area contributed by atoms with Crippen molar-refractivity contribution in [1.29, 1.82) is 0 Å². The standard InChI is InChI=1S/C41H53ClF3N7O7/c42-32-25-27(24-31(36(32)46)41(43,44)45)26-35(59-40(56)50-15-10-30(11-16-50)52-17-7-28-4-1-2-5-33(28)47-39(52)55)37(53)49-13-8-29(9-14-49)51-12-3-6-34(51)38(54)58-23-20-48-18-21-57-22-19-48/h1-2,4-5,24-25,29-30,34-35H,3,6-23,26,46H2,(H,47,55)/t34-,35+/m0/s1. The molecule has 4 fully saturated rings. The van der Waals surface area contributed by atoms with Gasteiger partial charge in [-0.15, -0.1) is 0 Å². The molecule has 59 heavy (non-hydrogen) atoms. The quantitative estimate of drug-likeness (QED) is 0.251. The highest BCUT2D eigenvalue weighted by atomic mass is 35.5. The van der Waals surface area contributed by atoms with Crippen LogP contribution in [-0.2, 0) is 42.8 Å². The summed E-state index contributed by atoms with van der Waals surface area (Å²) < 4.78 is 58.8. The van der Waals surface area contributed by atoms with Crippen molar-refractivity contribution < 1.29 is 46.6 Å². The molecule has 5 aliphatic heterocycles. The summed E-state index contributed by atoms with van der Waals surface area (Å²) in [6.45, 7) is 6.27. The first-order chi connectivity index (χ1) is 28.4. The average molecular weight is 848 g/mol. The number of amides is 4. The second kappa shape index (κ2) is 18.9. The van der Waals surface area contributed by atoms with E-state index in [0.717, 1.165) is 43.4 Å². The van der Waals surface area contributed by atoms with Gasteiger partial charge in [-0.3, -0.25) is 19.4 Å². The predicted octanol–water partition coefficient (Wildman–Crippen LogP) is 4.87. The van der Waals surface area contributed by atoms with E-state index < -0.39 is 35.5 Å². The Kier molecular flexibility index (Phi) is 13.7. The SMILES string of the molecule is Nc1c(Cl)cc(C[C@@H](OC(=O)N2CCC(N3CCc4ccccc4NC3=O)CC2)C(=O)N2CCC(N3CCC[C@H]3C(=O)OCCN3CCOCC3)CC2)cc1C(F)(F)F. The van der Waals surface area contributed by atoms with Crippen LogP contribution in [0.4, 0.5) is 34.1 Å². The molecule has 0 aromatic heterocycles. The van der Waals surface area contributed by atoms with Crippen molar-refractivity contribution in [3.63, 3.8) is 0 Å². The number of fused-ring (bicyclic) bond motifs is 1. The van der Waals surface area contributed by atoms with E-state index in [1.165, 1.54) is 11.0 Å². The monoisotopic (exact) mass is 847 g/mol. The third-order valence-electron chi connectivity index (χ3n) is 12.3. The lowest BCUT2D eigenvalue weighted by molar-refractivity contribution is -0.151. The molecule has 14 nitrogen and oxygen atoms in total. The van der Waals surface area contributed by atoms with Gasteiger partial charge in [0.1, 0.15) is 12.6 Å². The van der Waals surface area contributed by atoms with E-state index in [1.807, 2.05) is 24.3 Å². The van der Waals surface area contributed by atoms with Gasteiger partial charge in [0.05, 0.1) is 29.5 Å². The summed E-state index contributed by atoms with van der Waals surface area (Å²) >= 11 is 6.15. The molecule has 322 valence electrons. The first-order valence-electron chi connectivity index (χ1n) is 20.6. The number of likely N-dealkylation sites (tertiary alicyclic amines) is 3. The van der Waals surface area contributed by atoms with Gasteiger partial charge in [-0.05, 0) is 80.8 Å². The third kappa shape index (κ3) is 10.4. The molecule has 3 N–H and O–H groups in total. The summed E-state index contributed by atoms with van der Waals surface area (Å²) in [6, 6.07) is 9.07. The molecule has 0 radical (unpaired) electrons. The number of rotatable bonds is 10. The summed E-state index contributed by atoms with van der Waals surface area (Å²) in [6.07, 6.45) is -3.09. The zero-order chi connectivity index (χ0) is 41.7. The number of nitrogens with two attached hydrogens (primary N) is 1. The number of morpholine rings is 1. The van der Waals surface area contributed by atoms with Crippen LogP contribution in [0.2, 0.25) is 5.02 Å². The number of para-hydroxylation sites is 1. The normalized spacial score (nSPS) is 22.1. The van der Waals surface area contributed by atoms with Crippen LogP contribution in [0.25, 0.3) is 0 Å². The fraction of sp³-hybridized carbons (Fsp3) is 0.610. The van der Waals surface area contributed by atoms with E-state index in [-0.39, 0.29) is 60.2 Å².